The Labute approximate surface area is 140 Å². The molecular weight excluding hydrogens is 294 g/mol. The van der Waals surface area contributed by atoms with Crippen molar-refractivity contribution in [1.29, 1.82) is 0 Å². The lowest BCUT2D eigenvalue weighted by molar-refractivity contribution is 0.707. The van der Waals surface area contributed by atoms with Crippen LogP contribution in [-0.2, 0) is 0 Å². The molecule has 0 bridgehead atoms. The van der Waals surface area contributed by atoms with Gasteiger partial charge in [0.25, 0.3) is 0 Å². The van der Waals surface area contributed by atoms with E-state index in [4.69, 9.17) is 4.98 Å². The predicted molar refractivity (Wildman–Crippen MR) is 99.2 cm³/mol. The van der Waals surface area contributed by atoms with Gasteiger partial charge in [-0.1, -0.05) is 54.6 Å². The van der Waals surface area contributed by atoms with Gasteiger partial charge in [-0.05, 0) is 41.5 Å². The normalized spacial score (nSPS) is 16.7. The number of nitrogens with one attached hydrogen (secondary N) is 1. The Morgan fingerprint density at radius 1 is 0.917 bits per heavy atom. The number of anilines is 1. The van der Waals surface area contributed by atoms with Gasteiger partial charge in [-0.3, -0.25) is 4.57 Å². The molecule has 116 valence electrons. The summed E-state index contributed by atoms with van der Waals surface area (Å²) in [6, 6.07) is 23.6. The van der Waals surface area contributed by atoms with E-state index >= 15 is 0 Å². The number of hydrogen-bond acceptors (Lipinski definition) is 2. The highest BCUT2D eigenvalue weighted by Crippen LogP contribution is 2.35. The molecule has 5 rings (SSSR count). The molecule has 4 aromatic rings. The van der Waals surface area contributed by atoms with Crippen molar-refractivity contribution in [2.24, 2.45) is 0 Å². The maximum absolute atomic E-state index is 4.84. The summed E-state index contributed by atoms with van der Waals surface area (Å²) in [6.07, 6.45) is 2.26. The molecule has 1 atom stereocenters. The third-order valence-electron chi connectivity index (χ3n) is 4.69. The molecule has 1 aromatic heterocycles. The van der Waals surface area contributed by atoms with Crippen LogP contribution in [0.4, 0.5) is 5.95 Å². The quantitative estimate of drug-likeness (QED) is 0.529. The van der Waals surface area contributed by atoms with E-state index in [0.717, 1.165) is 22.7 Å². The number of imidazole rings is 1. The molecule has 0 radical (unpaired) electrons. The summed E-state index contributed by atoms with van der Waals surface area (Å²) in [5, 5.41) is 5.88. The molecule has 3 nitrogen and oxygen atoms in total. The van der Waals surface area contributed by atoms with Crippen LogP contribution in [-0.4, -0.2) is 9.55 Å². The number of hydrogen-bond donors (Lipinski definition) is 1. The Hall–Kier alpha value is -3.07. The summed E-state index contributed by atoms with van der Waals surface area (Å²) in [7, 11) is 0. The van der Waals surface area contributed by atoms with Gasteiger partial charge >= 0.3 is 0 Å². The van der Waals surface area contributed by atoms with E-state index in [1.165, 1.54) is 16.3 Å². The molecule has 0 saturated heterocycles. The highest BCUT2D eigenvalue weighted by atomic mass is 15.2. The smallest absolute Gasteiger partial charge is 0.208 e. The van der Waals surface area contributed by atoms with E-state index in [-0.39, 0.29) is 6.04 Å². The lowest BCUT2D eigenvalue weighted by atomic mass is 10.0. The van der Waals surface area contributed by atoms with Crippen LogP contribution in [0.1, 0.15) is 18.5 Å². The topological polar surface area (TPSA) is 29.9 Å². The monoisotopic (exact) mass is 311 g/mol. The number of benzene rings is 3. The van der Waals surface area contributed by atoms with Gasteiger partial charge in [0.2, 0.25) is 5.95 Å². The minimum absolute atomic E-state index is 0.161. The third-order valence-corrected chi connectivity index (χ3v) is 4.69. The fourth-order valence-electron chi connectivity index (χ4n) is 3.58. The highest BCUT2D eigenvalue weighted by molar-refractivity contribution is 5.96. The van der Waals surface area contributed by atoms with Crippen LogP contribution in [0.3, 0.4) is 0 Å². The zero-order valence-electron chi connectivity index (χ0n) is 13.4. The van der Waals surface area contributed by atoms with Gasteiger partial charge in [-0.15, -0.1) is 0 Å². The molecule has 3 aromatic carbocycles. The summed E-state index contributed by atoms with van der Waals surface area (Å²) < 4.78 is 2.30. The van der Waals surface area contributed by atoms with Crippen molar-refractivity contribution in [2.45, 2.75) is 13.0 Å². The van der Waals surface area contributed by atoms with Gasteiger partial charge < -0.3 is 5.32 Å². The first-order chi connectivity index (χ1) is 11.8. The SMILES string of the molecule is CC1=CC(c2ccccc2)n2c(nc3cc4ccccc4cc32)N1. The molecule has 0 spiro atoms. The second-order valence-corrected chi connectivity index (χ2v) is 6.32. The molecule has 0 saturated carbocycles. The molecule has 0 fully saturated rings. The molecule has 3 heteroatoms. The molecule has 1 aliphatic rings. The summed E-state index contributed by atoms with van der Waals surface area (Å²) in [4.78, 5) is 4.84. The van der Waals surface area contributed by atoms with Crippen molar-refractivity contribution in [3.63, 3.8) is 0 Å². The van der Waals surface area contributed by atoms with Crippen molar-refractivity contribution in [2.75, 3.05) is 5.32 Å². The van der Waals surface area contributed by atoms with E-state index in [1.807, 2.05) is 0 Å². The van der Waals surface area contributed by atoms with Gasteiger partial charge in [0, 0.05) is 5.70 Å². The lowest BCUT2D eigenvalue weighted by Gasteiger charge is -2.25. The summed E-state index contributed by atoms with van der Waals surface area (Å²) in [6.45, 7) is 2.09. The van der Waals surface area contributed by atoms with Gasteiger partial charge in [-0.25, -0.2) is 4.98 Å². The zero-order chi connectivity index (χ0) is 16.1. The van der Waals surface area contributed by atoms with Crippen LogP contribution in [0.5, 0.6) is 0 Å². The van der Waals surface area contributed by atoms with E-state index in [9.17, 15) is 0 Å². The van der Waals surface area contributed by atoms with Crippen LogP contribution in [0.2, 0.25) is 0 Å². The summed E-state index contributed by atoms with van der Waals surface area (Å²) in [5.41, 5.74) is 4.59. The standard InChI is InChI=1S/C21H17N3/c1-14-11-19(15-7-3-2-4-8-15)24-20-13-17-10-6-5-9-16(17)12-18(20)23-21(24)22-14/h2-13,19H,1H3,(H,22,23). The molecule has 0 amide bonds. The van der Waals surface area contributed by atoms with Gasteiger partial charge in [0.05, 0.1) is 17.1 Å². The third kappa shape index (κ3) is 1.95. The average Bonchev–Trinajstić information content (AvgIpc) is 2.96. The van der Waals surface area contributed by atoms with Crippen LogP contribution < -0.4 is 5.32 Å². The molecule has 1 unspecified atom stereocenters. The number of allylic oxidation sites excluding steroid dienone is 2. The molecule has 24 heavy (non-hydrogen) atoms. The Morgan fingerprint density at radius 2 is 1.62 bits per heavy atom. The summed E-state index contributed by atoms with van der Waals surface area (Å²) in [5.74, 6) is 0.911. The van der Waals surface area contributed by atoms with Crippen molar-refractivity contribution in [3.8, 4) is 0 Å². The molecule has 1 N–H and O–H groups in total. The first kappa shape index (κ1) is 13.4. The minimum atomic E-state index is 0.161. The van der Waals surface area contributed by atoms with E-state index in [1.54, 1.807) is 0 Å². The Balaban J connectivity index is 1.82. The predicted octanol–water partition coefficient (Wildman–Crippen LogP) is 5.11. The molecule has 0 aliphatic carbocycles. The van der Waals surface area contributed by atoms with Crippen LogP contribution in [0.25, 0.3) is 21.8 Å². The van der Waals surface area contributed by atoms with Crippen molar-refractivity contribution < 1.29 is 0 Å². The molecule has 2 heterocycles. The van der Waals surface area contributed by atoms with Gasteiger partial charge in [0.15, 0.2) is 0 Å². The maximum Gasteiger partial charge on any atom is 0.208 e. The maximum atomic E-state index is 4.84. The van der Waals surface area contributed by atoms with E-state index < -0.39 is 0 Å². The zero-order valence-corrected chi connectivity index (χ0v) is 13.4. The second kappa shape index (κ2) is 4.96. The number of rotatable bonds is 1. The van der Waals surface area contributed by atoms with Crippen molar-refractivity contribution >= 4 is 27.8 Å². The van der Waals surface area contributed by atoms with Crippen molar-refractivity contribution in [1.82, 2.24) is 9.55 Å². The van der Waals surface area contributed by atoms with Crippen molar-refractivity contribution in [3.05, 3.63) is 84.1 Å². The Bertz CT molecular complexity index is 1090. The second-order valence-electron chi connectivity index (χ2n) is 6.32. The largest absolute Gasteiger partial charge is 0.330 e. The minimum Gasteiger partial charge on any atom is -0.330 e. The van der Waals surface area contributed by atoms with E-state index in [0.29, 0.717) is 0 Å². The first-order valence-corrected chi connectivity index (χ1v) is 8.21. The van der Waals surface area contributed by atoms with Gasteiger partial charge in [-0.2, -0.15) is 0 Å². The number of aromatic nitrogens is 2. The number of nitrogens with zero attached hydrogens (tertiary/aromatic N) is 2. The van der Waals surface area contributed by atoms with Crippen LogP contribution in [0.15, 0.2) is 78.5 Å². The highest BCUT2D eigenvalue weighted by Gasteiger charge is 2.23. The molecular formula is C21H17N3. The van der Waals surface area contributed by atoms with E-state index in [2.05, 4.69) is 89.6 Å². The first-order valence-electron chi connectivity index (χ1n) is 8.21. The number of fused-ring (bicyclic) bond motifs is 4. The fraction of sp³-hybridized carbons (Fsp3) is 0.0952. The molecule has 1 aliphatic heterocycles. The Morgan fingerprint density at radius 3 is 2.42 bits per heavy atom. The average molecular weight is 311 g/mol. The van der Waals surface area contributed by atoms with Crippen LogP contribution >= 0.6 is 0 Å². The Kier molecular flexibility index (Phi) is 2.77. The van der Waals surface area contributed by atoms with Crippen LogP contribution in [0, 0.1) is 0 Å². The van der Waals surface area contributed by atoms with Gasteiger partial charge in [0.1, 0.15) is 0 Å². The fourth-order valence-corrected chi connectivity index (χ4v) is 3.58. The lowest BCUT2D eigenvalue weighted by Crippen LogP contribution is -2.18. The summed E-state index contributed by atoms with van der Waals surface area (Å²) >= 11 is 0.